The van der Waals surface area contributed by atoms with Crippen molar-refractivity contribution in [3.8, 4) is 21.7 Å². The van der Waals surface area contributed by atoms with Gasteiger partial charge in [-0.15, -0.1) is 11.3 Å². The zero-order valence-electron chi connectivity index (χ0n) is 17.1. The van der Waals surface area contributed by atoms with Gasteiger partial charge in [-0.1, -0.05) is 18.2 Å². The number of carbonyl (C=O) groups is 1. The van der Waals surface area contributed by atoms with Crippen LogP contribution in [0.25, 0.3) is 31.8 Å². The molecular formula is C23H22N6OS. The largest absolute Gasteiger partial charge is 0.352 e. The van der Waals surface area contributed by atoms with Crippen molar-refractivity contribution >= 4 is 33.4 Å². The van der Waals surface area contributed by atoms with Gasteiger partial charge in [-0.2, -0.15) is 0 Å². The Morgan fingerprint density at radius 2 is 2.10 bits per heavy atom. The molecule has 1 fully saturated rings. The van der Waals surface area contributed by atoms with Crippen LogP contribution in [0.15, 0.2) is 55.0 Å². The van der Waals surface area contributed by atoms with E-state index in [1.54, 1.807) is 16.2 Å². The number of pyridine rings is 1. The predicted molar refractivity (Wildman–Crippen MR) is 124 cm³/mol. The molecule has 2 amide bonds. The van der Waals surface area contributed by atoms with Crippen molar-refractivity contribution in [3.63, 3.8) is 0 Å². The molecule has 0 atom stereocenters. The molecule has 4 aromatic rings. The number of nitrogens with one attached hydrogen (secondary N) is 2. The van der Waals surface area contributed by atoms with Crippen molar-refractivity contribution in [2.24, 2.45) is 0 Å². The molecule has 0 bridgehead atoms. The highest BCUT2D eigenvalue weighted by Crippen LogP contribution is 2.39. The molecule has 5 rings (SSSR count). The first kappa shape index (κ1) is 19.4. The Morgan fingerprint density at radius 3 is 2.90 bits per heavy atom. The van der Waals surface area contributed by atoms with Crippen LogP contribution < -0.4 is 10.6 Å². The molecule has 1 aliphatic rings. The number of amides is 2. The number of anilines is 1. The van der Waals surface area contributed by atoms with Crippen molar-refractivity contribution in [2.75, 3.05) is 31.5 Å². The molecule has 156 valence electrons. The van der Waals surface area contributed by atoms with Gasteiger partial charge >= 0.3 is 6.03 Å². The number of hydrogen-bond donors (Lipinski definition) is 2. The summed E-state index contributed by atoms with van der Waals surface area (Å²) in [5, 5.41) is 7.26. The zero-order chi connectivity index (χ0) is 21.2. The molecule has 0 saturated carbocycles. The lowest BCUT2D eigenvalue weighted by Crippen LogP contribution is -2.32. The molecule has 0 spiro atoms. The summed E-state index contributed by atoms with van der Waals surface area (Å²) in [6, 6.07) is 12.6. The summed E-state index contributed by atoms with van der Waals surface area (Å²) in [4.78, 5) is 27.9. The maximum Gasteiger partial charge on any atom is 0.317 e. The van der Waals surface area contributed by atoms with Crippen LogP contribution in [0.5, 0.6) is 0 Å². The molecule has 0 unspecified atom stereocenters. The first-order valence-electron chi connectivity index (χ1n) is 10.2. The number of hydrogen-bond acceptors (Lipinski definition) is 6. The van der Waals surface area contributed by atoms with Gasteiger partial charge < -0.3 is 15.5 Å². The number of aryl methyl sites for hydroxylation is 1. The summed E-state index contributed by atoms with van der Waals surface area (Å²) < 4.78 is 1.23. The van der Waals surface area contributed by atoms with Gasteiger partial charge in [-0.25, -0.2) is 14.8 Å². The Kier molecular flexibility index (Phi) is 5.21. The molecule has 4 heterocycles. The summed E-state index contributed by atoms with van der Waals surface area (Å²) in [5.41, 5.74) is 4.31. The minimum absolute atomic E-state index is 0.0115. The van der Waals surface area contributed by atoms with E-state index in [0.717, 1.165) is 28.2 Å². The van der Waals surface area contributed by atoms with Gasteiger partial charge in [0.1, 0.15) is 0 Å². The van der Waals surface area contributed by atoms with Gasteiger partial charge in [0, 0.05) is 49.5 Å². The maximum atomic E-state index is 11.7. The normalized spacial score (nSPS) is 13.6. The van der Waals surface area contributed by atoms with E-state index in [2.05, 4.69) is 44.9 Å². The summed E-state index contributed by atoms with van der Waals surface area (Å²) in [6.07, 6.45) is 5.49. The third kappa shape index (κ3) is 3.94. The van der Waals surface area contributed by atoms with Crippen LogP contribution in [-0.4, -0.2) is 52.1 Å². The van der Waals surface area contributed by atoms with E-state index in [-0.39, 0.29) is 6.03 Å². The molecule has 0 aliphatic carbocycles. The summed E-state index contributed by atoms with van der Waals surface area (Å²) in [7, 11) is 0. The van der Waals surface area contributed by atoms with Crippen LogP contribution in [0.4, 0.5) is 10.7 Å². The van der Waals surface area contributed by atoms with Crippen LogP contribution in [0.1, 0.15) is 5.56 Å². The number of urea groups is 1. The van der Waals surface area contributed by atoms with Crippen molar-refractivity contribution in [2.45, 2.75) is 6.92 Å². The molecule has 1 saturated heterocycles. The number of carbonyl (C=O) groups excluding carboxylic acids is 1. The lowest BCUT2D eigenvalue weighted by Gasteiger charge is -2.14. The molecule has 2 N–H and O–H groups in total. The van der Waals surface area contributed by atoms with Gasteiger partial charge in [0.05, 0.1) is 10.6 Å². The fourth-order valence-electron chi connectivity index (χ4n) is 3.74. The van der Waals surface area contributed by atoms with Crippen molar-refractivity contribution in [1.82, 2.24) is 25.2 Å². The first-order chi connectivity index (χ1) is 15.2. The zero-order valence-corrected chi connectivity index (χ0v) is 17.9. The lowest BCUT2D eigenvalue weighted by atomic mass is 10.1. The molecule has 31 heavy (non-hydrogen) atoms. The van der Waals surface area contributed by atoms with E-state index in [0.29, 0.717) is 25.6 Å². The van der Waals surface area contributed by atoms with E-state index >= 15 is 0 Å². The maximum absolute atomic E-state index is 11.7. The predicted octanol–water partition coefficient (Wildman–Crippen LogP) is 4.17. The molecule has 0 radical (unpaired) electrons. The summed E-state index contributed by atoms with van der Waals surface area (Å²) >= 11 is 1.74. The monoisotopic (exact) mass is 430 g/mol. The highest BCUT2D eigenvalue weighted by molar-refractivity contribution is 7.22. The number of benzene rings is 1. The van der Waals surface area contributed by atoms with E-state index in [4.69, 9.17) is 4.98 Å². The Hall–Kier alpha value is -3.52. The fraction of sp³-hybridized carbons (Fsp3) is 0.217. The second kappa shape index (κ2) is 8.31. The first-order valence-corrected chi connectivity index (χ1v) is 11.0. The van der Waals surface area contributed by atoms with E-state index in [1.165, 1.54) is 15.6 Å². The quantitative estimate of drug-likeness (QED) is 0.480. The summed E-state index contributed by atoms with van der Waals surface area (Å²) in [5.74, 6) is 0.576. The second-order valence-electron chi connectivity index (χ2n) is 7.44. The van der Waals surface area contributed by atoms with Gasteiger partial charge in [0.25, 0.3) is 0 Å². The number of fused-ring (bicyclic) bond motifs is 1. The Balaban J connectivity index is 1.42. The topological polar surface area (TPSA) is 83.0 Å². The number of aromatic nitrogens is 3. The van der Waals surface area contributed by atoms with Crippen LogP contribution >= 0.6 is 11.3 Å². The average molecular weight is 431 g/mol. The number of thiophene rings is 1. The van der Waals surface area contributed by atoms with Crippen LogP contribution in [-0.2, 0) is 0 Å². The van der Waals surface area contributed by atoms with E-state index < -0.39 is 0 Å². The van der Waals surface area contributed by atoms with Gasteiger partial charge in [0.2, 0.25) is 5.95 Å². The standard InChI is InChI=1S/C23H22N6OS/c1-15-14-27-22(25-9-11-29-12-10-26-23(29)30)28-20(15)19-13-17-3-2-4-18(21(17)31-19)16-5-7-24-8-6-16/h2-8,13-14H,9-12H2,1H3,(H,26,30)(H,25,27,28). The van der Waals surface area contributed by atoms with Gasteiger partial charge in [0.15, 0.2) is 0 Å². The Morgan fingerprint density at radius 1 is 1.23 bits per heavy atom. The molecule has 1 aromatic carbocycles. The van der Waals surface area contributed by atoms with Crippen LogP contribution in [0, 0.1) is 6.92 Å². The smallest absolute Gasteiger partial charge is 0.317 e. The molecule has 8 heteroatoms. The third-order valence-electron chi connectivity index (χ3n) is 5.35. The average Bonchev–Trinajstić information content (AvgIpc) is 3.41. The molecule has 3 aromatic heterocycles. The van der Waals surface area contributed by atoms with Crippen molar-refractivity contribution in [3.05, 3.63) is 60.6 Å². The third-order valence-corrected chi connectivity index (χ3v) is 6.54. The van der Waals surface area contributed by atoms with Gasteiger partial charge in [-0.3, -0.25) is 4.98 Å². The number of rotatable bonds is 6. The summed E-state index contributed by atoms with van der Waals surface area (Å²) in [6.45, 7) is 4.70. The molecular weight excluding hydrogens is 408 g/mol. The SMILES string of the molecule is Cc1cnc(NCCN2CCNC2=O)nc1-c1cc2cccc(-c3ccncc3)c2s1. The fourth-order valence-corrected chi connectivity index (χ4v) is 4.99. The highest BCUT2D eigenvalue weighted by Gasteiger charge is 2.18. The van der Waals surface area contributed by atoms with Crippen molar-refractivity contribution < 1.29 is 4.79 Å². The lowest BCUT2D eigenvalue weighted by molar-refractivity contribution is 0.219. The Labute approximate surface area is 184 Å². The van der Waals surface area contributed by atoms with Gasteiger partial charge in [-0.05, 0) is 47.2 Å². The molecule has 1 aliphatic heterocycles. The number of nitrogens with zero attached hydrogens (tertiary/aromatic N) is 4. The van der Waals surface area contributed by atoms with Crippen LogP contribution in [0.3, 0.4) is 0 Å². The van der Waals surface area contributed by atoms with E-state index in [9.17, 15) is 4.79 Å². The second-order valence-corrected chi connectivity index (χ2v) is 8.49. The van der Waals surface area contributed by atoms with E-state index in [1.807, 2.05) is 37.6 Å². The minimum Gasteiger partial charge on any atom is -0.352 e. The highest BCUT2D eigenvalue weighted by atomic mass is 32.1. The molecule has 7 nitrogen and oxygen atoms in total. The Bertz CT molecular complexity index is 1240. The van der Waals surface area contributed by atoms with Crippen molar-refractivity contribution in [1.29, 1.82) is 0 Å². The van der Waals surface area contributed by atoms with Crippen LogP contribution in [0.2, 0.25) is 0 Å². The minimum atomic E-state index is -0.0115.